The second-order valence-electron chi connectivity index (χ2n) is 5.51. The molecular weight excluding hydrogens is 370 g/mol. The number of sulfone groups is 1. The highest BCUT2D eigenvalue weighted by atomic mass is 32.2. The summed E-state index contributed by atoms with van der Waals surface area (Å²) in [6.07, 6.45) is 3.88. The van der Waals surface area contributed by atoms with Crippen molar-refractivity contribution in [3.05, 3.63) is 48.8 Å². The molecule has 1 aromatic carbocycles. The Labute approximate surface area is 158 Å². The molecule has 0 fully saturated rings. The average molecular weight is 391 g/mol. The van der Waals surface area contributed by atoms with Crippen LogP contribution in [0.25, 0.3) is 5.57 Å². The molecule has 0 spiro atoms. The van der Waals surface area contributed by atoms with Crippen LogP contribution in [0.3, 0.4) is 0 Å². The van der Waals surface area contributed by atoms with Gasteiger partial charge in [0.1, 0.15) is 6.61 Å². The van der Waals surface area contributed by atoms with E-state index >= 15 is 0 Å². The molecule has 1 N–H and O–H groups in total. The lowest BCUT2D eigenvalue weighted by Gasteiger charge is -2.09. The lowest BCUT2D eigenvalue weighted by atomic mass is 10.1. The van der Waals surface area contributed by atoms with Crippen molar-refractivity contribution in [2.24, 2.45) is 0 Å². The van der Waals surface area contributed by atoms with E-state index in [4.69, 9.17) is 9.47 Å². The number of hydrogen-bond acceptors (Lipinski definition) is 7. The van der Waals surface area contributed by atoms with E-state index in [9.17, 15) is 13.2 Å². The van der Waals surface area contributed by atoms with E-state index in [0.29, 0.717) is 31.3 Å². The van der Waals surface area contributed by atoms with E-state index in [2.05, 4.69) is 21.9 Å². The molecule has 0 unspecified atom stereocenters. The Hall–Kier alpha value is -2.78. The molecule has 2 rings (SSSR count). The maximum absolute atomic E-state index is 12.3. The molecule has 9 heteroatoms. The normalized spacial score (nSPS) is 11.0. The first-order valence-electron chi connectivity index (χ1n) is 8.14. The molecule has 8 nitrogen and oxygen atoms in total. The van der Waals surface area contributed by atoms with Gasteiger partial charge in [-0.2, -0.15) is 0 Å². The molecule has 0 aliphatic rings. The quantitative estimate of drug-likeness (QED) is 0.514. The van der Waals surface area contributed by atoms with E-state index < -0.39 is 15.7 Å². The molecule has 0 bridgehead atoms. The number of ether oxygens (including phenoxy) is 2. The summed E-state index contributed by atoms with van der Waals surface area (Å²) >= 11 is 0. The van der Waals surface area contributed by atoms with Gasteiger partial charge in [-0.25, -0.2) is 18.4 Å². The summed E-state index contributed by atoms with van der Waals surface area (Å²) < 4.78 is 33.5. The summed E-state index contributed by atoms with van der Waals surface area (Å²) in [5, 5.41) is 2.58. The number of nitrogens with zero attached hydrogens (tertiary/aromatic N) is 2. The zero-order valence-electron chi connectivity index (χ0n) is 15.1. The fourth-order valence-electron chi connectivity index (χ4n) is 2.03. The van der Waals surface area contributed by atoms with Gasteiger partial charge in [0.2, 0.25) is 5.88 Å². The smallest absolute Gasteiger partial charge is 0.256 e. The highest BCUT2D eigenvalue weighted by Gasteiger charge is 2.13. The zero-order valence-corrected chi connectivity index (χ0v) is 16.0. The molecule has 1 amide bonds. The average Bonchev–Trinajstić information content (AvgIpc) is 2.65. The standard InChI is InChI=1S/C18H21N3O5S/c1-4-25-9-10-26-17-12-19-16(11-20-17)21-18(22)13(2)14-5-7-15(8-6-14)27(3,23)24/h5-8,11-12H,2,4,9-10H2,1,3H3,(H,19,21,22). The third kappa shape index (κ3) is 6.15. The highest BCUT2D eigenvalue weighted by molar-refractivity contribution is 7.90. The molecule has 1 aromatic heterocycles. The summed E-state index contributed by atoms with van der Waals surface area (Å²) in [5.74, 6) is 0.0929. The van der Waals surface area contributed by atoms with Crippen LogP contribution in [0.1, 0.15) is 12.5 Å². The SMILES string of the molecule is C=C(C(=O)Nc1cnc(OCCOCC)cn1)c1ccc(S(C)(=O)=O)cc1. The van der Waals surface area contributed by atoms with E-state index in [-0.39, 0.29) is 16.3 Å². The van der Waals surface area contributed by atoms with Crippen molar-refractivity contribution in [2.45, 2.75) is 11.8 Å². The highest BCUT2D eigenvalue weighted by Crippen LogP contribution is 2.18. The predicted molar refractivity (Wildman–Crippen MR) is 101 cm³/mol. The number of rotatable bonds is 9. The van der Waals surface area contributed by atoms with Crippen molar-refractivity contribution in [2.75, 3.05) is 31.4 Å². The molecule has 0 aliphatic heterocycles. The second kappa shape index (κ2) is 9.24. The van der Waals surface area contributed by atoms with Crippen LogP contribution in [-0.2, 0) is 19.4 Å². The van der Waals surface area contributed by atoms with Crippen LogP contribution in [-0.4, -0.2) is 50.4 Å². The minimum absolute atomic E-state index is 0.172. The largest absolute Gasteiger partial charge is 0.474 e. The summed E-state index contributed by atoms with van der Waals surface area (Å²) in [6.45, 7) is 7.05. The lowest BCUT2D eigenvalue weighted by Crippen LogP contribution is -2.14. The Kier molecular flexibility index (Phi) is 7.03. The third-order valence-electron chi connectivity index (χ3n) is 3.46. The van der Waals surface area contributed by atoms with Gasteiger partial charge in [-0.1, -0.05) is 18.7 Å². The number of carbonyl (C=O) groups excluding carboxylic acids is 1. The summed E-state index contributed by atoms with van der Waals surface area (Å²) in [6, 6.07) is 5.91. The molecule has 0 radical (unpaired) electrons. The number of benzene rings is 1. The van der Waals surface area contributed by atoms with Gasteiger partial charge < -0.3 is 14.8 Å². The Balaban J connectivity index is 1.95. The van der Waals surface area contributed by atoms with Gasteiger partial charge >= 0.3 is 0 Å². The maximum Gasteiger partial charge on any atom is 0.256 e. The van der Waals surface area contributed by atoms with E-state index in [1.54, 1.807) is 0 Å². The first kappa shape index (κ1) is 20.5. The first-order chi connectivity index (χ1) is 12.8. The minimum Gasteiger partial charge on any atom is -0.474 e. The van der Waals surface area contributed by atoms with Crippen LogP contribution >= 0.6 is 0 Å². The predicted octanol–water partition coefficient (Wildman–Crippen LogP) is 1.95. The number of nitrogens with one attached hydrogen (secondary N) is 1. The van der Waals surface area contributed by atoms with Gasteiger partial charge in [0.05, 0.1) is 23.9 Å². The molecule has 144 valence electrons. The first-order valence-corrected chi connectivity index (χ1v) is 10.0. The topological polar surface area (TPSA) is 107 Å². The zero-order chi connectivity index (χ0) is 19.9. The number of anilines is 1. The van der Waals surface area contributed by atoms with Gasteiger partial charge in [0.25, 0.3) is 5.91 Å². The summed E-state index contributed by atoms with van der Waals surface area (Å²) in [4.78, 5) is 20.6. The van der Waals surface area contributed by atoms with Crippen molar-refractivity contribution in [1.29, 1.82) is 0 Å². The van der Waals surface area contributed by atoms with Crippen molar-refractivity contribution >= 4 is 27.1 Å². The summed E-state index contributed by atoms with van der Waals surface area (Å²) in [7, 11) is -3.30. The van der Waals surface area contributed by atoms with Gasteiger partial charge in [-0.05, 0) is 24.6 Å². The molecule has 2 aromatic rings. The van der Waals surface area contributed by atoms with Crippen LogP contribution in [0, 0.1) is 0 Å². The summed E-state index contributed by atoms with van der Waals surface area (Å²) in [5.41, 5.74) is 0.678. The molecule has 1 heterocycles. The van der Waals surface area contributed by atoms with Crippen molar-refractivity contribution < 1.29 is 22.7 Å². The second-order valence-corrected chi connectivity index (χ2v) is 7.53. The molecular formula is C18H21N3O5S. The van der Waals surface area contributed by atoms with Gasteiger partial charge in [0.15, 0.2) is 15.7 Å². The molecule has 0 atom stereocenters. The molecule has 0 aliphatic carbocycles. The number of amides is 1. The Bertz CT molecular complexity index is 894. The van der Waals surface area contributed by atoms with Gasteiger partial charge in [-0.3, -0.25) is 4.79 Å². The van der Waals surface area contributed by atoms with Crippen LogP contribution in [0.4, 0.5) is 5.82 Å². The fourth-order valence-corrected chi connectivity index (χ4v) is 2.66. The number of carbonyl (C=O) groups is 1. The van der Waals surface area contributed by atoms with Crippen molar-refractivity contribution in [3.8, 4) is 5.88 Å². The number of aromatic nitrogens is 2. The van der Waals surface area contributed by atoms with Crippen LogP contribution in [0.5, 0.6) is 5.88 Å². The van der Waals surface area contributed by atoms with Crippen LogP contribution in [0.15, 0.2) is 48.1 Å². The van der Waals surface area contributed by atoms with E-state index in [0.717, 1.165) is 6.26 Å². The van der Waals surface area contributed by atoms with Gasteiger partial charge in [-0.15, -0.1) is 0 Å². The van der Waals surface area contributed by atoms with Crippen LogP contribution < -0.4 is 10.1 Å². The van der Waals surface area contributed by atoms with Crippen molar-refractivity contribution in [1.82, 2.24) is 9.97 Å². The Morgan fingerprint density at radius 2 is 1.85 bits per heavy atom. The van der Waals surface area contributed by atoms with E-state index in [1.165, 1.54) is 36.7 Å². The van der Waals surface area contributed by atoms with Crippen LogP contribution in [0.2, 0.25) is 0 Å². The van der Waals surface area contributed by atoms with E-state index in [1.807, 2.05) is 6.92 Å². The molecule has 0 saturated heterocycles. The van der Waals surface area contributed by atoms with Crippen molar-refractivity contribution in [3.63, 3.8) is 0 Å². The third-order valence-corrected chi connectivity index (χ3v) is 4.58. The minimum atomic E-state index is -3.30. The fraction of sp³-hybridized carbons (Fsp3) is 0.278. The lowest BCUT2D eigenvalue weighted by molar-refractivity contribution is -0.111. The molecule has 0 saturated carbocycles. The monoisotopic (exact) mass is 391 g/mol. The Morgan fingerprint density at radius 3 is 2.41 bits per heavy atom. The van der Waals surface area contributed by atoms with Gasteiger partial charge in [0, 0.05) is 18.4 Å². The molecule has 27 heavy (non-hydrogen) atoms. The maximum atomic E-state index is 12.3. The number of hydrogen-bond donors (Lipinski definition) is 1. The Morgan fingerprint density at radius 1 is 1.15 bits per heavy atom.